The van der Waals surface area contributed by atoms with Crippen LogP contribution in [0.15, 0.2) is 36.5 Å². The monoisotopic (exact) mass is 288 g/mol. The first-order chi connectivity index (χ1) is 10.1. The third-order valence-electron chi connectivity index (χ3n) is 3.71. The van der Waals surface area contributed by atoms with Crippen molar-refractivity contribution in [3.63, 3.8) is 0 Å². The van der Waals surface area contributed by atoms with Gasteiger partial charge in [0.2, 0.25) is 0 Å². The summed E-state index contributed by atoms with van der Waals surface area (Å²) in [6, 6.07) is 7.93. The Morgan fingerprint density at radius 3 is 2.76 bits per heavy atom. The lowest BCUT2D eigenvalue weighted by atomic mass is 10.1. The second-order valence-electron chi connectivity index (χ2n) is 5.26. The van der Waals surface area contributed by atoms with Crippen LogP contribution >= 0.6 is 0 Å². The Labute approximate surface area is 122 Å². The minimum absolute atomic E-state index is 0.1000. The smallest absolute Gasteiger partial charge is 0.274 e. The summed E-state index contributed by atoms with van der Waals surface area (Å²) in [6.07, 6.45) is 3.30. The summed E-state index contributed by atoms with van der Waals surface area (Å²) in [5.41, 5.74) is 6.80. The van der Waals surface area contributed by atoms with Crippen LogP contribution in [0.25, 0.3) is 5.69 Å². The fraction of sp³-hybridized carbons (Fsp3) is 0.333. The fourth-order valence-electron chi connectivity index (χ4n) is 2.46. The number of halogens is 1. The van der Waals surface area contributed by atoms with Crippen LogP contribution in [0.2, 0.25) is 0 Å². The van der Waals surface area contributed by atoms with Crippen molar-refractivity contribution in [1.82, 2.24) is 14.7 Å². The summed E-state index contributed by atoms with van der Waals surface area (Å²) in [5.74, 6) is -0.432. The average Bonchev–Trinajstić information content (AvgIpc) is 2.97. The van der Waals surface area contributed by atoms with E-state index in [1.165, 1.54) is 16.8 Å². The Morgan fingerprint density at radius 1 is 1.29 bits per heavy atom. The van der Waals surface area contributed by atoms with Crippen LogP contribution < -0.4 is 5.73 Å². The number of hydrogen-bond acceptors (Lipinski definition) is 3. The fourth-order valence-corrected chi connectivity index (χ4v) is 2.46. The molecule has 0 saturated carbocycles. The van der Waals surface area contributed by atoms with Crippen molar-refractivity contribution in [2.45, 2.75) is 18.9 Å². The van der Waals surface area contributed by atoms with E-state index in [2.05, 4.69) is 5.10 Å². The molecule has 1 saturated heterocycles. The summed E-state index contributed by atoms with van der Waals surface area (Å²) in [6.45, 7) is 1.32. The van der Waals surface area contributed by atoms with Gasteiger partial charge in [0, 0.05) is 25.3 Å². The van der Waals surface area contributed by atoms with Crippen LogP contribution in [0.3, 0.4) is 0 Å². The van der Waals surface area contributed by atoms with Gasteiger partial charge in [-0.1, -0.05) is 6.07 Å². The van der Waals surface area contributed by atoms with Gasteiger partial charge in [0.25, 0.3) is 5.91 Å². The first kappa shape index (κ1) is 13.8. The second kappa shape index (κ2) is 5.65. The van der Waals surface area contributed by atoms with Gasteiger partial charge in [-0.05, 0) is 37.1 Å². The molecule has 0 spiro atoms. The van der Waals surface area contributed by atoms with Crippen molar-refractivity contribution < 1.29 is 9.18 Å². The Kier molecular flexibility index (Phi) is 3.70. The van der Waals surface area contributed by atoms with Gasteiger partial charge in [-0.25, -0.2) is 9.07 Å². The predicted molar refractivity (Wildman–Crippen MR) is 76.6 cm³/mol. The lowest BCUT2D eigenvalue weighted by Crippen LogP contribution is -2.43. The minimum Gasteiger partial charge on any atom is -0.337 e. The zero-order valence-electron chi connectivity index (χ0n) is 11.6. The van der Waals surface area contributed by atoms with E-state index in [0.717, 1.165) is 12.8 Å². The molecule has 3 rings (SSSR count). The number of hydrogen-bond donors (Lipinski definition) is 1. The van der Waals surface area contributed by atoms with Crippen LogP contribution in [-0.2, 0) is 0 Å². The molecule has 0 aliphatic carbocycles. The highest BCUT2D eigenvalue weighted by Crippen LogP contribution is 2.14. The maximum Gasteiger partial charge on any atom is 0.274 e. The molecule has 0 bridgehead atoms. The number of piperidine rings is 1. The zero-order chi connectivity index (χ0) is 14.8. The molecular weight excluding hydrogens is 271 g/mol. The number of carbonyl (C=O) groups excluding carboxylic acids is 1. The molecular formula is C15H17FN4O. The Balaban J connectivity index is 1.77. The molecule has 21 heavy (non-hydrogen) atoms. The van der Waals surface area contributed by atoms with E-state index in [4.69, 9.17) is 5.73 Å². The van der Waals surface area contributed by atoms with Crippen LogP contribution in [0.1, 0.15) is 23.3 Å². The van der Waals surface area contributed by atoms with Gasteiger partial charge in [-0.3, -0.25) is 4.79 Å². The van der Waals surface area contributed by atoms with E-state index in [1.54, 1.807) is 29.3 Å². The average molecular weight is 288 g/mol. The molecule has 1 aliphatic rings. The molecule has 2 aromatic rings. The topological polar surface area (TPSA) is 64.2 Å². The van der Waals surface area contributed by atoms with Crippen molar-refractivity contribution in [3.8, 4) is 5.69 Å². The SMILES string of the molecule is NC1CCN(C(=O)c2ccn(-c3cccc(F)c3)n2)CC1. The summed E-state index contributed by atoms with van der Waals surface area (Å²) >= 11 is 0. The molecule has 6 heteroatoms. The lowest BCUT2D eigenvalue weighted by Gasteiger charge is -2.29. The number of carbonyl (C=O) groups is 1. The highest BCUT2D eigenvalue weighted by molar-refractivity contribution is 5.92. The number of amides is 1. The number of nitrogens with two attached hydrogens (primary N) is 1. The molecule has 0 radical (unpaired) electrons. The number of benzene rings is 1. The molecule has 2 N–H and O–H groups in total. The molecule has 1 amide bonds. The Morgan fingerprint density at radius 2 is 2.05 bits per heavy atom. The van der Waals surface area contributed by atoms with Gasteiger partial charge in [0.15, 0.2) is 5.69 Å². The maximum absolute atomic E-state index is 13.2. The molecule has 1 fully saturated rings. The van der Waals surface area contributed by atoms with E-state index in [0.29, 0.717) is 24.5 Å². The maximum atomic E-state index is 13.2. The molecule has 5 nitrogen and oxygen atoms in total. The van der Waals surface area contributed by atoms with Crippen LogP contribution in [0.4, 0.5) is 4.39 Å². The summed E-state index contributed by atoms with van der Waals surface area (Å²) in [5, 5.41) is 4.24. The van der Waals surface area contributed by atoms with E-state index in [1.807, 2.05) is 0 Å². The highest BCUT2D eigenvalue weighted by Gasteiger charge is 2.23. The highest BCUT2D eigenvalue weighted by atomic mass is 19.1. The normalized spacial score (nSPS) is 16.2. The molecule has 1 aliphatic heterocycles. The number of aromatic nitrogens is 2. The van der Waals surface area contributed by atoms with E-state index in [-0.39, 0.29) is 17.8 Å². The van der Waals surface area contributed by atoms with Crippen molar-refractivity contribution in [1.29, 1.82) is 0 Å². The quantitative estimate of drug-likeness (QED) is 0.912. The van der Waals surface area contributed by atoms with Gasteiger partial charge in [-0.15, -0.1) is 0 Å². The van der Waals surface area contributed by atoms with Crippen molar-refractivity contribution in [2.75, 3.05) is 13.1 Å². The predicted octanol–water partition coefficient (Wildman–Crippen LogP) is 1.57. The number of rotatable bonds is 2. The molecule has 0 unspecified atom stereocenters. The van der Waals surface area contributed by atoms with E-state index >= 15 is 0 Å². The molecule has 0 atom stereocenters. The lowest BCUT2D eigenvalue weighted by molar-refractivity contribution is 0.0708. The van der Waals surface area contributed by atoms with E-state index in [9.17, 15) is 9.18 Å². The van der Waals surface area contributed by atoms with Gasteiger partial charge in [0.1, 0.15) is 5.82 Å². The molecule has 1 aromatic heterocycles. The third kappa shape index (κ3) is 2.95. The van der Waals surface area contributed by atoms with E-state index < -0.39 is 0 Å². The van der Waals surface area contributed by atoms with Gasteiger partial charge in [-0.2, -0.15) is 5.10 Å². The van der Waals surface area contributed by atoms with Gasteiger partial charge >= 0.3 is 0 Å². The third-order valence-corrected chi connectivity index (χ3v) is 3.71. The molecule has 110 valence electrons. The first-order valence-corrected chi connectivity index (χ1v) is 7.00. The zero-order valence-corrected chi connectivity index (χ0v) is 11.6. The molecule has 2 heterocycles. The summed E-state index contributed by atoms with van der Waals surface area (Å²) in [7, 11) is 0. The van der Waals surface area contributed by atoms with Crippen molar-refractivity contribution in [3.05, 3.63) is 48.0 Å². The molecule has 1 aromatic carbocycles. The van der Waals surface area contributed by atoms with Gasteiger partial charge in [0.05, 0.1) is 5.69 Å². The Bertz CT molecular complexity index is 647. The van der Waals surface area contributed by atoms with Gasteiger partial charge < -0.3 is 10.6 Å². The van der Waals surface area contributed by atoms with Crippen LogP contribution in [0, 0.1) is 5.82 Å². The summed E-state index contributed by atoms with van der Waals surface area (Å²) in [4.78, 5) is 14.1. The largest absolute Gasteiger partial charge is 0.337 e. The number of likely N-dealkylation sites (tertiary alicyclic amines) is 1. The van der Waals surface area contributed by atoms with Crippen LogP contribution in [0.5, 0.6) is 0 Å². The Hall–Kier alpha value is -2.21. The second-order valence-corrected chi connectivity index (χ2v) is 5.26. The summed E-state index contributed by atoms with van der Waals surface area (Å²) < 4.78 is 14.7. The van der Waals surface area contributed by atoms with Crippen molar-refractivity contribution >= 4 is 5.91 Å². The van der Waals surface area contributed by atoms with Crippen molar-refractivity contribution in [2.24, 2.45) is 5.73 Å². The van der Waals surface area contributed by atoms with Crippen LogP contribution in [-0.4, -0.2) is 39.7 Å². The standard InChI is InChI=1S/C15H17FN4O/c16-11-2-1-3-13(10-11)20-9-6-14(18-20)15(21)19-7-4-12(17)5-8-19/h1-3,6,9-10,12H,4-5,7-8,17H2. The minimum atomic E-state index is -0.333. The number of nitrogens with zero attached hydrogens (tertiary/aromatic N) is 3. The first-order valence-electron chi connectivity index (χ1n) is 7.00.